The van der Waals surface area contributed by atoms with E-state index in [1.54, 1.807) is 0 Å². The van der Waals surface area contributed by atoms with Crippen LogP contribution in [-0.4, -0.2) is 87.8 Å². The molecule has 1 aliphatic heterocycles. The molecule has 1 aliphatic carbocycles. The Morgan fingerprint density at radius 2 is 1.74 bits per heavy atom. The number of imidazole rings is 1. The van der Waals surface area contributed by atoms with Crippen LogP contribution in [-0.2, 0) is 14.6 Å². The summed E-state index contributed by atoms with van der Waals surface area (Å²) in [6.07, 6.45) is -13.9. The fourth-order valence-corrected chi connectivity index (χ4v) is 6.85. The van der Waals surface area contributed by atoms with Crippen molar-refractivity contribution < 1.29 is 53.4 Å². The van der Waals surface area contributed by atoms with Crippen LogP contribution in [0.25, 0.3) is 11.0 Å². The zero-order valence-corrected chi connectivity index (χ0v) is 25.8. The van der Waals surface area contributed by atoms with Crippen molar-refractivity contribution in [1.29, 1.82) is 0 Å². The summed E-state index contributed by atoms with van der Waals surface area (Å²) in [7, 11) is -3.81. The number of fused-ring (bicyclic) bond motifs is 1. The molecule has 258 valence electrons. The first-order chi connectivity index (χ1) is 22.0. The van der Waals surface area contributed by atoms with E-state index in [4.69, 9.17) is 0 Å². The number of benzene rings is 1. The zero-order chi connectivity index (χ0) is 34.4. The molecular weight excluding hydrogens is 665 g/mol. The summed E-state index contributed by atoms with van der Waals surface area (Å²) in [6.45, 7) is 2.76. The SMILES string of the molecule is CCS(=O)(=O)CC[C@H](C(=O)N1C(F)C(F)C(F)C1F)c1ccc2[nH]c([C@@H](NC(=O)c3nonc3C)C3CCC(F)(F)CC3)nc2c1F. The fourth-order valence-electron chi connectivity index (χ4n) is 5.97. The molecule has 0 bridgehead atoms. The number of aryl methyl sites for hydroxylation is 1. The average molecular weight is 697 g/mol. The van der Waals surface area contributed by atoms with Crippen molar-refractivity contribution in [3.05, 3.63) is 40.7 Å². The smallest absolute Gasteiger partial charge is 0.276 e. The van der Waals surface area contributed by atoms with Gasteiger partial charge in [-0.2, -0.15) is 0 Å². The molecular formula is C28H31F7N6O5S. The van der Waals surface area contributed by atoms with Gasteiger partial charge in [0, 0.05) is 24.2 Å². The lowest BCUT2D eigenvalue weighted by molar-refractivity contribution is -0.144. The Morgan fingerprint density at radius 3 is 2.32 bits per heavy atom. The van der Waals surface area contributed by atoms with Gasteiger partial charge in [0.15, 0.2) is 23.9 Å². The minimum absolute atomic E-state index is 0.00820. The summed E-state index contributed by atoms with van der Waals surface area (Å²) in [4.78, 5) is 33.2. The molecule has 2 aliphatic rings. The van der Waals surface area contributed by atoms with Crippen LogP contribution in [0.3, 0.4) is 0 Å². The van der Waals surface area contributed by atoms with Gasteiger partial charge in [-0.15, -0.1) is 0 Å². The lowest BCUT2D eigenvalue weighted by Crippen LogP contribution is -2.43. The molecule has 19 heteroatoms. The third-order valence-electron chi connectivity index (χ3n) is 8.77. The monoisotopic (exact) mass is 696 g/mol. The maximum atomic E-state index is 16.2. The summed E-state index contributed by atoms with van der Waals surface area (Å²) in [5.74, 6) is -10.1. The molecule has 3 heterocycles. The van der Waals surface area contributed by atoms with Gasteiger partial charge in [0.05, 0.1) is 23.2 Å². The van der Waals surface area contributed by atoms with Gasteiger partial charge in [-0.25, -0.2) is 48.8 Å². The number of aromatic amines is 1. The number of carbonyl (C=O) groups excluding carboxylic acids is 2. The number of nitrogens with zero attached hydrogens (tertiary/aromatic N) is 4. The molecule has 2 amide bonds. The number of nitrogens with one attached hydrogen (secondary N) is 2. The summed E-state index contributed by atoms with van der Waals surface area (Å²) < 4.78 is 130. The third-order valence-corrected chi connectivity index (χ3v) is 10.5. The predicted molar refractivity (Wildman–Crippen MR) is 150 cm³/mol. The maximum absolute atomic E-state index is 16.2. The molecule has 2 N–H and O–H groups in total. The van der Waals surface area contributed by atoms with Crippen molar-refractivity contribution in [3.63, 3.8) is 0 Å². The summed E-state index contributed by atoms with van der Waals surface area (Å²) in [5.41, 5.74) is -1.02. The van der Waals surface area contributed by atoms with E-state index in [-0.39, 0.29) is 46.2 Å². The van der Waals surface area contributed by atoms with Gasteiger partial charge in [0.1, 0.15) is 26.9 Å². The van der Waals surface area contributed by atoms with Crippen molar-refractivity contribution in [2.45, 2.75) is 88.8 Å². The van der Waals surface area contributed by atoms with Crippen LogP contribution in [0.1, 0.15) is 78.6 Å². The van der Waals surface area contributed by atoms with Gasteiger partial charge < -0.3 is 10.3 Å². The Kier molecular flexibility index (Phi) is 9.58. The second-order valence-corrected chi connectivity index (χ2v) is 14.3. The zero-order valence-electron chi connectivity index (χ0n) is 25.0. The van der Waals surface area contributed by atoms with E-state index in [0.29, 0.717) is 0 Å². The summed E-state index contributed by atoms with van der Waals surface area (Å²) in [5, 5.41) is 9.75. The first-order valence-corrected chi connectivity index (χ1v) is 16.6. The number of H-pyrrole nitrogens is 1. The number of halogens is 7. The Balaban J connectivity index is 1.54. The number of carbonyl (C=O) groups is 2. The first kappa shape index (κ1) is 34.6. The molecule has 47 heavy (non-hydrogen) atoms. The van der Waals surface area contributed by atoms with E-state index in [2.05, 4.69) is 30.2 Å². The van der Waals surface area contributed by atoms with Crippen LogP contribution in [0.4, 0.5) is 30.7 Å². The topological polar surface area (TPSA) is 151 Å². The Labute approximate surface area is 263 Å². The Morgan fingerprint density at radius 1 is 1.11 bits per heavy atom. The van der Waals surface area contributed by atoms with Crippen molar-refractivity contribution >= 4 is 32.7 Å². The molecule has 3 aromatic rings. The molecule has 1 aromatic carbocycles. The molecule has 1 saturated carbocycles. The highest BCUT2D eigenvalue weighted by atomic mass is 32.2. The molecule has 1 saturated heterocycles. The molecule has 0 radical (unpaired) electrons. The minimum atomic E-state index is -3.81. The number of likely N-dealkylation sites (tertiary alicyclic amines) is 1. The van der Waals surface area contributed by atoms with E-state index in [1.807, 2.05) is 0 Å². The van der Waals surface area contributed by atoms with Crippen LogP contribution < -0.4 is 5.32 Å². The van der Waals surface area contributed by atoms with E-state index in [0.717, 1.165) is 6.07 Å². The lowest BCUT2D eigenvalue weighted by Gasteiger charge is -2.33. The van der Waals surface area contributed by atoms with Crippen LogP contribution >= 0.6 is 0 Å². The molecule has 0 spiro atoms. The number of amides is 2. The highest BCUT2D eigenvalue weighted by Gasteiger charge is 2.55. The largest absolute Gasteiger partial charge is 0.340 e. The number of rotatable bonds is 10. The normalized spacial score (nSPS) is 24.8. The summed E-state index contributed by atoms with van der Waals surface area (Å²) >= 11 is 0. The maximum Gasteiger partial charge on any atom is 0.276 e. The molecule has 4 unspecified atom stereocenters. The minimum Gasteiger partial charge on any atom is -0.340 e. The van der Waals surface area contributed by atoms with Crippen LogP contribution in [0.2, 0.25) is 0 Å². The number of hydrogen-bond donors (Lipinski definition) is 2. The number of hydrogen-bond acceptors (Lipinski definition) is 8. The molecule has 11 nitrogen and oxygen atoms in total. The van der Waals surface area contributed by atoms with Crippen molar-refractivity contribution in [1.82, 2.24) is 30.5 Å². The second kappa shape index (κ2) is 13.0. The number of alkyl halides is 6. The highest BCUT2D eigenvalue weighted by molar-refractivity contribution is 7.91. The molecule has 6 atom stereocenters. The van der Waals surface area contributed by atoms with E-state index in [1.165, 1.54) is 19.9 Å². The van der Waals surface area contributed by atoms with Crippen molar-refractivity contribution in [2.75, 3.05) is 11.5 Å². The van der Waals surface area contributed by atoms with Gasteiger partial charge >= 0.3 is 0 Å². The van der Waals surface area contributed by atoms with Crippen molar-refractivity contribution in [2.24, 2.45) is 5.92 Å². The van der Waals surface area contributed by atoms with E-state index in [9.17, 15) is 44.3 Å². The molecule has 2 aromatic heterocycles. The molecule has 5 rings (SSSR count). The van der Waals surface area contributed by atoms with Gasteiger partial charge in [0.2, 0.25) is 24.4 Å². The first-order valence-electron chi connectivity index (χ1n) is 14.8. The predicted octanol–water partition coefficient (Wildman–Crippen LogP) is 4.71. The van der Waals surface area contributed by atoms with Crippen LogP contribution in [0, 0.1) is 18.7 Å². The molecule has 2 fully saturated rings. The van der Waals surface area contributed by atoms with Gasteiger partial charge in [-0.05, 0) is 43.3 Å². The Bertz CT molecular complexity index is 1730. The number of aromatic nitrogens is 4. The lowest BCUT2D eigenvalue weighted by atomic mass is 9.81. The van der Waals surface area contributed by atoms with Gasteiger partial charge in [-0.1, -0.05) is 18.1 Å². The fraction of sp³-hybridized carbons (Fsp3) is 0.607. The standard InChI is InChI=1S/C28H31F7N6O5S/c1-3-47(44,45)11-8-15(27(43)41-23(32)18(30)19(31)24(41)33)14-4-5-16-22(17(14)29)37-25(36-16)21(13-6-9-28(34,35)10-7-13)38-26(42)20-12(2)39-46-40-20/h4-5,13,15,18-19,21,23-24H,3,6-11H2,1-2H3,(H,36,37)(H,38,42)/t15-,18?,19?,21-,23?,24?/m0/s1. The second-order valence-electron chi connectivity index (χ2n) is 11.8. The van der Waals surface area contributed by atoms with Crippen LogP contribution in [0.15, 0.2) is 16.8 Å². The Hall–Kier alpha value is -3.77. The van der Waals surface area contributed by atoms with Crippen molar-refractivity contribution in [3.8, 4) is 0 Å². The van der Waals surface area contributed by atoms with Gasteiger partial charge in [0.25, 0.3) is 5.91 Å². The van der Waals surface area contributed by atoms with E-state index < -0.39 is 112 Å². The van der Waals surface area contributed by atoms with Gasteiger partial charge in [-0.3, -0.25) is 14.5 Å². The van der Waals surface area contributed by atoms with Crippen LogP contribution in [0.5, 0.6) is 0 Å². The number of sulfone groups is 1. The highest BCUT2D eigenvalue weighted by Crippen LogP contribution is 2.42. The average Bonchev–Trinajstić information content (AvgIpc) is 3.71. The summed E-state index contributed by atoms with van der Waals surface area (Å²) in [6, 6.07) is 1.19. The quantitative estimate of drug-likeness (QED) is 0.229. The van der Waals surface area contributed by atoms with E-state index >= 15 is 4.39 Å². The third kappa shape index (κ3) is 6.80.